The molecule has 1 atom stereocenters. The van der Waals surface area contributed by atoms with E-state index >= 15 is 0 Å². The Morgan fingerprint density at radius 3 is 1.58 bits per heavy atom. The largest absolute Gasteiger partial charge is 0.356 e. The summed E-state index contributed by atoms with van der Waals surface area (Å²) in [6.07, 6.45) is 22.4. The van der Waals surface area contributed by atoms with Gasteiger partial charge in [0.1, 0.15) is 6.17 Å². The molecule has 1 heterocycles. The summed E-state index contributed by atoms with van der Waals surface area (Å²) >= 11 is 0. The zero-order chi connectivity index (χ0) is 17.6. The molecule has 2 nitrogen and oxygen atoms in total. The molecule has 0 radical (unpaired) electrons. The molecule has 0 saturated heterocycles. The van der Waals surface area contributed by atoms with Crippen LogP contribution in [0.3, 0.4) is 0 Å². The second-order valence-corrected chi connectivity index (χ2v) is 7.91. The first-order chi connectivity index (χ1) is 11.7. The SMILES string of the molecule is CCCCCCCCCCCCCCN1C=CN(CC)C1C(C)C. The molecule has 0 fully saturated rings. The lowest BCUT2D eigenvalue weighted by Crippen LogP contribution is -2.42. The molecule has 24 heavy (non-hydrogen) atoms. The van der Waals surface area contributed by atoms with Gasteiger partial charge in [0.25, 0.3) is 0 Å². The molecule has 0 amide bonds. The summed E-state index contributed by atoms with van der Waals surface area (Å²) in [5, 5.41) is 0. The Bertz CT molecular complexity index is 311. The van der Waals surface area contributed by atoms with Crippen LogP contribution in [0.15, 0.2) is 12.4 Å². The van der Waals surface area contributed by atoms with Gasteiger partial charge in [-0.15, -0.1) is 0 Å². The molecule has 0 spiro atoms. The average Bonchev–Trinajstić information content (AvgIpc) is 2.99. The molecule has 2 heteroatoms. The van der Waals surface area contributed by atoms with Gasteiger partial charge in [0, 0.05) is 25.5 Å². The molecule has 0 bridgehead atoms. The van der Waals surface area contributed by atoms with E-state index in [1.165, 1.54) is 83.6 Å². The predicted octanol–water partition coefficient (Wildman–Crippen LogP) is 6.78. The van der Waals surface area contributed by atoms with Gasteiger partial charge in [-0.25, -0.2) is 0 Å². The standard InChI is InChI=1S/C22H44N2/c1-5-7-8-9-10-11-12-13-14-15-16-17-18-24-20-19-23(6-2)22(24)21(3)4/h19-22H,5-18H2,1-4H3. The summed E-state index contributed by atoms with van der Waals surface area (Å²) in [5.41, 5.74) is 0. The van der Waals surface area contributed by atoms with Crippen molar-refractivity contribution >= 4 is 0 Å². The van der Waals surface area contributed by atoms with Crippen molar-refractivity contribution in [2.45, 2.75) is 111 Å². The molecule has 1 unspecified atom stereocenters. The van der Waals surface area contributed by atoms with E-state index in [0.29, 0.717) is 12.1 Å². The maximum atomic E-state index is 2.56. The maximum absolute atomic E-state index is 2.56. The van der Waals surface area contributed by atoms with Crippen LogP contribution in [0.1, 0.15) is 105 Å². The van der Waals surface area contributed by atoms with Gasteiger partial charge < -0.3 is 9.80 Å². The van der Waals surface area contributed by atoms with E-state index < -0.39 is 0 Å². The summed E-state index contributed by atoms with van der Waals surface area (Å²) in [4.78, 5) is 5.04. The molecule has 0 N–H and O–H groups in total. The van der Waals surface area contributed by atoms with Crippen LogP contribution in [0, 0.1) is 5.92 Å². The topological polar surface area (TPSA) is 6.48 Å². The maximum Gasteiger partial charge on any atom is 0.103 e. The Kier molecular flexibility index (Phi) is 12.1. The minimum atomic E-state index is 0.586. The molecule has 0 aromatic carbocycles. The average molecular weight is 337 g/mol. The molecular weight excluding hydrogens is 292 g/mol. The van der Waals surface area contributed by atoms with Gasteiger partial charge in [-0.3, -0.25) is 0 Å². The number of rotatable bonds is 15. The molecule has 1 aliphatic rings. The van der Waals surface area contributed by atoms with Gasteiger partial charge in [-0.05, 0) is 19.3 Å². The summed E-state index contributed by atoms with van der Waals surface area (Å²) in [6.45, 7) is 11.6. The Labute approximate surface area is 152 Å². The minimum absolute atomic E-state index is 0.586. The van der Waals surface area contributed by atoms with Crippen molar-refractivity contribution in [3.05, 3.63) is 12.4 Å². The molecular formula is C22H44N2. The molecule has 0 aliphatic carbocycles. The van der Waals surface area contributed by atoms with Crippen LogP contribution in [0.25, 0.3) is 0 Å². The van der Waals surface area contributed by atoms with Gasteiger partial charge in [-0.2, -0.15) is 0 Å². The lowest BCUT2D eigenvalue weighted by Gasteiger charge is -2.35. The van der Waals surface area contributed by atoms with Gasteiger partial charge >= 0.3 is 0 Å². The number of unbranched alkanes of at least 4 members (excludes halogenated alkanes) is 11. The van der Waals surface area contributed by atoms with Crippen molar-refractivity contribution in [2.24, 2.45) is 5.92 Å². The fourth-order valence-electron chi connectivity index (χ4n) is 3.94. The van der Waals surface area contributed by atoms with Crippen molar-refractivity contribution in [2.75, 3.05) is 13.1 Å². The normalized spacial score (nSPS) is 17.5. The highest BCUT2D eigenvalue weighted by molar-refractivity contribution is 4.97. The molecule has 1 rings (SSSR count). The molecule has 142 valence electrons. The Hall–Kier alpha value is -0.660. The van der Waals surface area contributed by atoms with E-state index in [1.807, 2.05) is 0 Å². The van der Waals surface area contributed by atoms with Gasteiger partial charge in [0.05, 0.1) is 0 Å². The number of nitrogens with zero attached hydrogens (tertiary/aromatic N) is 2. The van der Waals surface area contributed by atoms with Crippen LogP contribution in [-0.4, -0.2) is 29.1 Å². The third kappa shape index (κ3) is 8.44. The van der Waals surface area contributed by atoms with Crippen molar-refractivity contribution in [1.29, 1.82) is 0 Å². The first-order valence-electron chi connectivity index (χ1n) is 10.9. The van der Waals surface area contributed by atoms with Crippen LogP contribution >= 0.6 is 0 Å². The van der Waals surface area contributed by atoms with Gasteiger partial charge in [0.15, 0.2) is 0 Å². The Morgan fingerprint density at radius 2 is 1.12 bits per heavy atom. The van der Waals surface area contributed by atoms with Crippen LogP contribution in [0.2, 0.25) is 0 Å². The Morgan fingerprint density at radius 1 is 0.667 bits per heavy atom. The van der Waals surface area contributed by atoms with Crippen LogP contribution < -0.4 is 0 Å². The van der Waals surface area contributed by atoms with Gasteiger partial charge in [0.2, 0.25) is 0 Å². The lowest BCUT2D eigenvalue weighted by molar-refractivity contribution is 0.110. The van der Waals surface area contributed by atoms with Gasteiger partial charge in [-0.1, -0.05) is 91.4 Å². The molecule has 0 saturated carbocycles. The van der Waals surface area contributed by atoms with Crippen molar-refractivity contribution in [3.8, 4) is 0 Å². The zero-order valence-corrected chi connectivity index (χ0v) is 17.1. The third-order valence-electron chi connectivity index (χ3n) is 5.36. The number of hydrogen-bond donors (Lipinski definition) is 0. The quantitative estimate of drug-likeness (QED) is 0.304. The first-order valence-corrected chi connectivity index (χ1v) is 10.9. The smallest absolute Gasteiger partial charge is 0.103 e. The van der Waals surface area contributed by atoms with E-state index in [9.17, 15) is 0 Å². The van der Waals surface area contributed by atoms with E-state index in [0.717, 1.165) is 6.54 Å². The van der Waals surface area contributed by atoms with Crippen LogP contribution in [0.5, 0.6) is 0 Å². The van der Waals surface area contributed by atoms with E-state index in [1.54, 1.807) is 0 Å². The summed E-state index contributed by atoms with van der Waals surface area (Å²) in [7, 11) is 0. The highest BCUT2D eigenvalue weighted by atomic mass is 15.4. The van der Waals surface area contributed by atoms with Crippen molar-refractivity contribution in [3.63, 3.8) is 0 Å². The zero-order valence-electron chi connectivity index (χ0n) is 17.1. The summed E-state index contributed by atoms with van der Waals surface area (Å²) in [6, 6.07) is 0. The fraction of sp³-hybridized carbons (Fsp3) is 0.909. The van der Waals surface area contributed by atoms with E-state index in [2.05, 4.69) is 49.9 Å². The second kappa shape index (κ2) is 13.6. The fourth-order valence-corrected chi connectivity index (χ4v) is 3.94. The minimum Gasteiger partial charge on any atom is -0.356 e. The monoisotopic (exact) mass is 336 g/mol. The highest BCUT2D eigenvalue weighted by Crippen LogP contribution is 2.23. The Balaban J connectivity index is 1.94. The summed E-state index contributed by atoms with van der Waals surface area (Å²) in [5.74, 6) is 0.692. The van der Waals surface area contributed by atoms with E-state index in [-0.39, 0.29) is 0 Å². The molecule has 1 aliphatic heterocycles. The first kappa shape index (κ1) is 21.4. The second-order valence-electron chi connectivity index (χ2n) is 7.91. The third-order valence-corrected chi connectivity index (χ3v) is 5.36. The van der Waals surface area contributed by atoms with Crippen molar-refractivity contribution in [1.82, 2.24) is 9.80 Å². The van der Waals surface area contributed by atoms with Crippen molar-refractivity contribution < 1.29 is 0 Å². The summed E-state index contributed by atoms with van der Waals surface area (Å²) < 4.78 is 0. The van der Waals surface area contributed by atoms with E-state index in [4.69, 9.17) is 0 Å². The molecule has 0 aromatic rings. The number of hydrogen-bond acceptors (Lipinski definition) is 2. The highest BCUT2D eigenvalue weighted by Gasteiger charge is 2.27. The lowest BCUT2D eigenvalue weighted by atomic mass is 10.0. The molecule has 0 aromatic heterocycles. The van der Waals surface area contributed by atoms with Crippen LogP contribution in [-0.2, 0) is 0 Å². The van der Waals surface area contributed by atoms with Crippen LogP contribution in [0.4, 0.5) is 0 Å². The predicted molar refractivity (Wildman–Crippen MR) is 108 cm³/mol.